The molecule has 1 amide bonds. The number of amides is 1. The summed E-state index contributed by atoms with van der Waals surface area (Å²) in [5, 5.41) is 8.99. The minimum atomic E-state index is -0.282. The number of hydrogen-bond acceptors (Lipinski definition) is 4. The zero-order valence-electron chi connectivity index (χ0n) is 21.5. The van der Waals surface area contributed by atoms with Gasteiger partial charge in [-0.05, 0) is 61.2 Å². The number of aromatic nitrogens is 3. The van der Waals surface area contributed by atoms with Crippen molar-refractivity contribution in [2.75, 3.05) is 7.11 Å². The molecule has 188 valence electrons. The van der Waals surface area contributed by atoms with Gasteiger partial charge < -0.3 is 14.6 Å². The fraction of sp³-hybridized carbons (Fsp3) is 0.233. The van der Waals surface area contributed by atoms with Gasteiger partial charge in [-0.1, -0.05) is 48.0 Å². The molecule has 0 radical (unpaired) electrons. The molecule has 0 fully saturated rings. The molecule has 0 aliphatic carbocycles. The van der Waals surface area contributed by atoms with Crippen molar-refractivity contribution < 1.29 is 9.53 Å². The van der Waals surface area contributed by atoms with Gasteiger partial charge in [0.2, 0.25) is 5.91 Å². The van der Waals surface area contributed by atoms with E-state index in [1.165, 1.54) is 26.9 Å². The molecule has 2 heterocycles. The smallest absolute Gasteiger partial charge is 0.291 e. The Bertz CT molecular complexity index is 1660. The molecule has 37 heavy (non-hydrogen) atoms. The minimum absolute atomic E-state index is 0.158. The standard InChI is InChI=1S/C30H30N4O3/c1-19-13-20(2)26(21(3)14-19)17-33-27-8-6-5-7-24(27)25-16-32-34(30(36)29(25)33)18-28(35)31-15-22-9-11-23(37-4)12-10-22/h5-14,16H,15,17-18H2,1-4H3,(H,31,35). The number of hydrogen-bond donors (Lipinski definition) is 1. The number of nitrogens with zero attached hydrogens (tertiary/aromatic N) is 3. The van der Waals surface area contributed by atoms with Gasteiger partial charge in [-0.3, -0.25) is 9.59 Å². The summed E-state index contributed by atoms with van der Waals surface area (Å²) in [5.41, 5.74) is 6.97. The second-order valence-electron chi connectivity index (χ2n) is 9.48. The zero-order valence-corrected chi connectivity index (χ0v) is 21.5. The average molecular weight is 495 g/mol. The van der Waals surface area contributed by atoms with Crippen LogP contribution in [0.1, 0.15) is 27.8 Å². The molecule has 0 saturated carbocycles. The van der Waals surface area contributed by atoms with Crippen LogP contribution in [0.25, 0.3) is 21.8 Å². The predicted octanol–water partition coefficient (Wildman–Crippen LogP) is 4.65. The van der Waals surface area contributed by atoms with Gasteiger partial charge in [0.15, 0.2) is 0 Å². The highest BCUT2D eigenvalue weighted by molar-refractivity contribution is 6.07. The van der Waals surface area contributed by atoms with E-state index in [1.807, 2.05) is 48.5 Å². The summed E-state index contributed by atoms with van der Waals surface area (Å²) in [6.07, 6.45) is 1.70. The lowest BCUT2D eigenvalue weighted by atomic mass is 10.00. The van der Waals surface area contributed by atoms with Gasteiger partial charge in [0, 0.05) is 29.4 Å². The van der Waals surface area contributed by atoms with Crippen LogP contribution in [0, 0.1) is 20.8 Å². The third kappa shape index (κ3) is 4.72. The Morgan fingerprint density at radius 1 is 0.973 bits per heavy atom. The van der Waals surface area contributed by atoms with Gasteiger partial charge in [-0.25, -0.2) is 4.68 Å². The van der Waals surface area contributed by atoms with E-state index < -0.39 is 0 Å². The maximum Gasteiger partial charge on any atom is 0.291 e. The van der Waals surface area contributed by atoms with Crippen molar-refractivity contribution in [1.82, 2.24) is 19.7 Å². The lowest BCUT2D eigenvalue weighted by Crippen LogP contribution is -2.33. The van der Waals surface area contributed by atoms with Crippen LogP contribution in [-0.4, -0.2) is 27.4 Å². The normalized spacial score (nSPS) is 11.2. The Balaban J connectivity index is 1.49. The summed E-state index contributed by atoms with van der Waals surface area (Å²) in [5.74, 6) is 0.475. The molecule has 2 aromatic heterocycles. The molecule has 0 saturated heterocycles. The molecule has 7 nitrogen and oxygen atoms in total. The van der Waals surface area contributed by atoms with Crippen LogP contribution >= 0.6 is 0 Å². The molecular weight excluding hydrogens is 464 g/mol. The highest BCUT2D eigenvalue weighted by atomic mass is 16.5. The lowest BCUT2D eigenvalue weighted by Gasteiger charge is -2.14. The Kier molecular flexibility index (Phi) is 6.53. The van der Waals surface area contributed by atoms with Gasteiger partial charge in [0.05, 0.1) is 13.3 Å². The number of fused-ring (bicyclic) bond motifs is 3. The zero-order chi connectivity index (χ0) is 26.1. The van der Waals surface area contributed by atoms with E-state index in [4.69, 9.17) is 4.74 Å². The summed E-state index contributed by atoms with van der Waals surface area (Å²) in [6, 6.07) is 19.8. The first-order valence-electron chi connectivity index (χ1n) is 12.3. The summed E-state index contributed by atoms with van der Waals surface area (Å²) in [6.45, 7) is 7.06. The molecule has 0 aliphatic rings. The quantitative estimate of drug-likeness (QED) is 0.357. The monoisotopic (exact) mass is 494 g/mol. The van der Waals surface area contributed by atoms with Gasteiger partial charge in [-0.15, -0.1) is 0 Å². The number of rotatable bonds is 7. The van der Waals surface area contributed by atoms with Crippen molar-refractivity contribution >= 4 is 27.7 Å². The average Bonchev–Trinajstić information content (AvgIpc) is 3.21. The molecule has 0 spiro atoms. The lowest BCUT2D eigenvalue weighted by molar-refractivity contribution is -0.122. The van der Waals surface area contributed by atoms with Crippen LogP contribution in [0.15, 0.2) is 71.7 Å². The fourth-order valence-electron chi connectivity index (χ4n) is 5.02. The second-order valence-corrected chi connectivity index (χ2v) is 9.48. The Morgan fingerprint density at radius 2 is 1.68 bits per heavy atom. The minimum Gasteiger partial charge on any atom is -0.497 e. The number of aryl methyl sites for hydroxylation is 3. The van der Waals surface area contributed by atoms with Crippen LogP contribution < -0.4 is 15.6 Å². The number of ether oxygens (including phenoxy) is 1. The Labute approximate surface area is 215 Å². The first-order chi connectivity index (χ1) is 17.9. The number of methoxy groups -OCH3 is 1. The number of nitrogens with one attached hydrogen (secondary N) is 1. The number of carbonyl (C=O) groups is 1. The third-order valence-electron chi connectivity index (χ3n) is 6.87. The first kappa shape index (κ1) is 24.3. The molecule has 0 unspecified atom stereocenters. The van der Waals surface area contributed by atoms with Crippen LogP contribution in [0.3, 0.4) is 0 Å². The van der Waals surface area contributed by atoms with E-state index in [0.717, 1.165) is 27.6 Å². The third-order valence-corrected chi connectivity index (χ3v) is 6.87. The van der Waals surface area contributed by atoms with Crippen molar-refractivity contribution in [3.05, 3.63) is 105 Å². The van der Waals surface area contributed by atoms with E-state index in [1.54, 1.807) is 13.3 Å². The van der Waals surface area contributed by atoms with Crippen LogP contribution in [-0.2, 0) is 24.4 Å². The predicted molar refractivity (Wildman–Crippen MR) is 146 cm³/mol. The number of para-hydroxylation sites is 1. The van der Waals surface area contributed by atoms with Crippen LogP contribution in [0.2, 0.25) is 0 Å². The largest absolute Gasteiger partial charge is 0.497 e. The molecular formula is C30H30N4O3. The molecule has 5 aromatic rings. The summed E-state index contributed by atoms with van der Waals surface area (Å²) < 4.78 is 8.48. The maximum absolute atomic E-state index is 13.7. The van der Waals surface area contributed by atoms with E-state index in [0.29, 0.717) is 18.6 Å². The molecule has 7 heteroatoms. The Morgan fingerprint density at radius 3 is 2.38 bits per heavy atom. The van der Waals surface area contributed by atoms with E-state index in [9.17, 15) is 9.59 Å². The fourth-order valence-corrected chi connectivity index (χ4v) is 5.02. The number of benzene rings is 3. The van der Waals surface area contributed by atoms with Gasteiger partial charge in [0.1, 0.15) is 17.8 Å². The van der Waals surface area contributed by atoms with Gasteiger partial charge in [0.25, 0.3) is 5.56 Å². The van der Waals surface area contributed by atoms with E-state index >= 15 is 0 Å². The second kappa shape index (κ2) is 9.93. The summed E-state index contributed by atoms with van der Waals surface area (Å²) in [4.78, 5) is 26.4. The van der Waals surface area contributed by atoms with Crippen molar-refractivity contribution in [2.45, 2.75) is 40.4 Å². The highest BCUT2D eigenvalue weighted by Crippen LogP contribution is 2.28. The molecule has 0 aliphatic heterocycles. The van der Waals surface area contributed by atoms with Gasteiger partial charge >= 0.3 is 0 Å². The molecule has 3 aromatic carbocycles. The van der Waals surface area contributed by atoms with E-state index in [-0.39, 0.29) is 18.0 Å². The Hall–Kier alpha value is -4.39. The highest BCUT2D eigenvalue weighted by Gasteiger charge is 2.18. The summed E-state index contributed by atoms with van der Waals surface area (Å²) in [7, 11) is 1.61. The first-order valence-corrected chi connectivity index (χ1v) is 12.3. The van der Waals surface area contributed by atoms with Crippen molar-refractivity contribution in [3.63, 3.8) is 0 Å². The maximum atomic E-state index is 13.7. The molecule has 1 N–H and O–H groups in total. The van der Waals surface area contributed by atoms with Crippen molar-refractivity contribution in [2.24, 2.45) is 0 Å². The molecule has 0 atom stereocenters. The number of carbonyl (C=O) groups excluding carboxylic acids is 1. The summed E-state index contributed by atoms with van der Waals surface area (Å²) >= 11 is 0. The topological polar surface area (TPSA) is 78.2 Å². The van der Waals surface area contributed by atoms with Crippen molar-refractivity contribution in [3.8, 4) is 5.75 Å². The SMILES string of the molecule is COc1ccc(CNC(=O)Cn2ncc3c4ccccc4n(Cc4c(C)cc(C)cc4C)c3c2=O)cc1. The molecule has 0 bridgehead atoms. The van der Waals surface area contributed by atoms with Crippen LogP contribution in [0.5, 0.6) is 5.75 Å². The van der Waals surface area contributed by atoms with Crippen molar-refractivity contribution in [1.29, 1.82) is 0 Å². The van der Waals surface area contributed by atoms with Crippen LogP contribution in [0.4, 0.5) is 0 Å². The molecule has 5 rings (SSSR count). The van der Waals surface area contributed by atoms with E-state index in [2.05, 4.69) is 47.9 Å². The van der Waals surface area contributed by atoms with Gasteiger partial charge in [-0.2, -0.15) is 5.10 Å².